The lowest BCUT2D eigenvalue weighted by Gasteiger charge is -2.45. The van der Waals surface area contributed by atoms with Crippen molar-refractivity contribution in [2.45, 2.75) is 50.7 Å². The molecule has 114 valence electrons. The van der Waals surface area contributed by atoms with Crippen LogP contribution in [0.15, 0.2) is 24.3 Å². The van der Waals surface area contributed by atoms with Crippen molar-refractivity contribution in [3.05, 3.63) is 29.8 Å². The topological polar surface area (TPSA) is 18.5 Å². The Labute approximate surface area is 128 Å². The summed E-state index contributed by atoms with van der Waals surface area (Å²) in [6, 6.07) is 10.6. The summed E-state index contributed by atoms with van der Waals surface area (Å²) >= 11 is 0. The highest BCUT2D eigenvalue weighted by atomic mass is 15.3. The van der Waals surface area contributed by atoms with Crippen LogP contribution in [-0.4, -0.2) is 43.2 Å². The molecule has 3 fully saturated rings. The molecule has 0 radical (unpaired) electrons. The highest BCUT2D eigenvalue weighted by Gasteiger charge is 2.29. The van der Waals surface area contributed by atoms with Crippen molar-refractivity contribution in [1.29, 1.82) is 0 Å². The number of piperidine rings is 1. The maximum absolute atomic E-state index is 3.67. The molecule has 1 unspecified atom stereocenters. The van der Waals surface area contributed by atoms with E-state index in [1.807, 2.05) is 0 Å². The van der Waals surface area contributed by atoms with E-state index in [0.29, 0.717) is 0 Å². The van der Waals surface area contributed by atoms with Crippen molar-refractivity contribution in [2.24, 2.45) is 0 Å². The summed E-state index contributed by atoms with van der Waals surface area (Å²) in [6.07, 6.45) is 6.93. The largest absolute Gasteiger partial charge is 0.368 e. The van der Waals surface area contributed by atoms with Gasteiger partial charge in [-0.2, -0.15) is 0 Å². The minimum atomic E-state index is 0.785. The fraction of sp³-hybridized carbons (Fsp3) is 0.667. The van der Waals surface area contributed by atoms with Gasteiger partial charge in [-0.3, -0.25) is 4.90 Å². The van der Waals surface area contributed by atoms with Gasteiger partial charge in [0.25, 0.3) is 0 Å². The summed E-state index contributed by atoms with van der Waals surface area (Å²) in [5, 5.41) is 3.67. The summed E-state index contributed by atoms with van der Waals surface area (Å²) < 4.78 is 0. The van der Waals surface area contributed by atoms with Crippen LogP contribution in [0.4, 0.5) is 5.69 Å². The number of para-hydroxylation sites is 1. The summed E-state index contributed by atoms with van der Waals surface area (Å²) in [6.45, 7) is 6.02. The predicted octanol–water partition coefficient (Wildman–Crippen LogP) is 2.61. The number of benzene rings is 1. The Hall–Kier alpha value is -1.06. The van der Waals surface area contributed by atoms with Crippen molar-refractivity contribution < 1.29 is 0 Å². The number of piperazine rings is 1. The number of fused-ring (bicyclic) bond motifs is 1. The van der Waals surface area contributed by atoms with Crippen LogP contribution in [0.5, 0.6) is 0 Å². The molecule has 1 aromatic carbocycles. The quantitative estimate of drug-likeness (QED) is 0.917. The van der Waals surface area contributed by atoms with Crippen LogP contribution in [0.25, 0.3) is 0 Å². The van der Waals surface area contributed by atoms with Gasteiger partial charge in [0.05, 0.1) is 0 Å². The van der Waals surface area contributed by atoms with Gasteiger partial charge in [-0.05, 0) is 43.9 Å². The zero-order valence-corrected chi connectivity index (χ0v) is 12.9. The van der Waals surface area contributed by atoms with Gasteiger partial charge in [-0.15, -0.1) is 0 Å². The van der Waals surface area contributed by atoms with E-state index >= 15 is 0 Å². The average Bonchev–Trinajstić information content (AvgIpc) is 3.37. The van der Waals surface area contributed by atoms with Gasteiger partial charge in [0.1, 0.15) is 0 Å². The minimum Gasteiger partial charge on any atom is -0.368 e. The smallest absolute Gasteiger partial charge is 0.0412 e. The van der Waals surface area contributed by atoms with E-state index in [4.69, 9.17) is 0 Å². The number of nitrogens with one attached hydrogen (secondary N) is 1. The molecule has 0 amide bonds. The van der Waals surface area contributed by atoms with E-state index in [1.54, 1.807) is 0 Å². The molecule has 1 atom stereocenters. The van der Waals surface area contributed by atoms with Crippen LogP contribution in [0, 0.1) is 0 Å². The Morgan fingerprint density at radius 1 is 1.00 bits per heavy atom. The zero-order valence-electron chi connectivity index (χ0n) is 12.9. The maximum atomic E-state index is 3.67. The van der Waals surface area contributed by atoms with E-state index < -0.39 is 0 Å². The first-order chi connectivity index (χ1) is 10.4. The third-order valence-electron chi connectivity index (χ3n) is 5.33. The molecule has 0 spiro atoms. The second-order valence-electron chi connectivity index (χ2n) is 6.92. The van der Waals surface area contributed by atoms with Crippen molar-refractivity contribution in [2.75, 3.05) is 31.1 Å². The first kappa shape index (κ1) is 13.6. The highest BCUT2D eigenvalue weighted by molar-refractivity contribution is 5.54. The fourth-order valence-electron chi connectivity index (χ4n) is 3.89. The Balaban J connectivity index is 1.47. The summed E-state index contributed by atoms with van der Waals surface area (Å²) in [4.78, 5) is 5.35. The molecular formula is C18H27N3. The van der Waals surface area contributed by atoms with Gasteiger partial charge in [0.15, 0.2) is 0 Å². The molecule has 3 heteroatoms. The van der Waals surface area contributed by atoms with Gasteiger partial charge < -0.3 is 10.2 Å². The van der Waals surface area contributed by atoms with Gasteiger partial charge in [-0.1, -0.05) is 24.6 Å². The van der Waals surface area contributed by atoms with Crippen LogP contribution in [0.2, 0.25) is 0 Å². The van der Waals surface area contributed by atoms with Crippen LogP contribution in [0.1, 0.15) is 37.7 Å². The Bertz CT molecular complexity index is 483. The monoisotopic (exact) mass is 285 g/mol. The molecule has 2 aliphatic heterocycles. The van der Waals surface area contributed by atoms with Gasteiger partial charge >= 0.3 is 0 Å². The second-order valence-corrected chi connectivity index (χ2v) is 6.92. The number of nitrogens with zero attached hydrogens (tertiary/aromatic N) is 2. The molecule has 1 saturated carbocycles. The van der Waals surface area contributed by atoms with Crippen molar-refractivity contribution >= 4 is 5.69 Å². The normalized spacial score (nSPS) is 26.7. The number of hydrogen-bond acceptors (Lipinski definition) is 3. The van der Waals surface area contributed by atoms with Crippen LogP contribution < -0.4 is 10.2 Å². The third-order valence-corrected chi connectivity index (χ3v) is 5.33. The highest BCUT2D eigenvalue weighted by Crippen LogP contribution is 2.28. The van der Waals surface area contributed by atoms with Crippen molar-refractivity contribution in [3.63, 3.8) is 0 Å². The van der Waals surface area contributed by atoms with E-state index in [2.05, 4.69) is 39.4 Å². The fourth-order valence-corrected chi connectivity index (χ4v) is 3.89. The van der Waals surface area contributed by atoms with E-state index in [9.17, 15) is 0 Å². The molecule has 21 heavy (non-hydrogen) atoms. The predicted molar refractivity (Wildman–Crippen MR) is 87.7 cm³/mol. The second kappa shape index (κ2) is 5.98. The lowest BCUT2D eigenvalue weighted by atomic mass is 9.98. The SMILES string of the molecule is c1ccc(N2CCN3CCCCC3C2)c(CNC2CC2)c1. The van der Waals surface area contributed by atoms with Crippen LogP contribution in [-0.2, 0) is 6.54 Å². The molecule has 2 heterocycles. The Morgan fingerprint density at radius 3 is 2.81 bits per heavy atom. The van der Waals surface area contributed by atoms with Crippen LogP contribution in [0.3, 0.4) is 0 Å². The van der Waals surface area contributed by atoms with Gasteiger partial charge in [0, 0.05) is 44.0 Å². The molecule has 0 bridgehead atoms. The van der Waals surface area contributed by atoms with Crippen molar-refractivity contribution in [3.8, 4) is 0 Å². The molecular weight excluding hydrogens is 258 g/mol. The molecule has 2 saturated heterocycles. The number of hydrogen-bond donors (Lipinski definition) is 1. The van der Waals surface area contributed by atoms with Gasteiger partial charge in [0.2, 0.25) is 0 Å². The average molecular weight is 285 g/mol. The maximum Gasteiger partial charge on any atom is 0.0412 e. The van der Waals surface area contributed by atoms with Crippen LogP contribution >= 0.6 is 0 Å². The molecule has 0 aromatic heterocycles. The van der Waals surface area contributed by atoms with E-state index in [1.165, 1.54) is 69.5 Å². The summed E-state index contributed by atoms with van der Waals surface area (Å²) in [5.41, 5.74) is 2.95. The first-order valence-corrected chi connectivity index (χ1v) is 8.70. The lowest BCUT2D eigenvalue weighted by molar-refractivity contribution is 0.133. The van der Waals surface area contributed by atoms with Gasteiger partial charge in [-0.25, -0.2) is 0 Å². The molecule has 3 aliphatic rings. The Kier molecular flexibility index (Phi) is 3.87. The van der Waals surface area contributed by atoms with E-state index in [-0.39, 0.29) is 0 Å². The minimum absolute atomic E-state index is 0.785. The lowest BCUT2D eigenvalue weighted by Crippen LogP contribution is -2.55. The van der Waals surface area contributed by atoms with Crippen molar-refractivity contribution in [1.82, 2.24) is 10.2 Å². The summed E-state index contributed by atoms with van der Waals surface area (Å²) in [5.74, 6) is 0. The summed E-state index contributed by atoms with van der Waals surface area (Å²) in [7, 11) is 0. The third kappa shape index (κ3) is 3.09. The Morgan fingerprint density at radius 2 is 1.90 bits per heavy atom. The number of anilines is 1. The first-order valence-electron chi connectivity index (χ1n) is 8.70. The molecule has 3 nitrogen and oxygen atoms in total. The van der Waals surface area contributed by atoms with E-state index in [0.717, 1.165) is 18.6 Å². The molecule has 1 N–H and O–H groups in total. The molecule has 1 aromatic rings. The zero-order chi connectivity index (χ0) is 14.1. The standard InChI is InChI=1S/C18H27N3/c1-2-7-18(15(5-1)13-19-16-8-9-16)21-12-11-20-10-4-3-6-17(20)14-21/h1-2,5,7,16-17,19H,3-4,6,8-14H2. The number of rotatable bonds is 4. The molecule has 1 aliphatic carbocycles. The molecule has 4 rings (SSSR count).